The first-order chi connectivity index (χ1) is 10.9. The Hall–Kier alpha value is -2.64. The number of non-ortho nitro benzene ring substituents is 1. The minimum atomic E-state index is -0.856. The van der Waals surface area contributed by atoms with Crippen LogP contribution in [0.4, 0.5) is 5.69 Å². The summed E-state index contributed by atoms with van der Waals surface area (Å²) in [6, 6.07) is 3.60. The summed E-state index contributed by atoms with van der Waals surface area (Å²) >= 11 is 0. The van der Waals surface area contributed by atoms with Crippen molar-refractivity contribution in [1.82, 2.24) is 5.32 Å². The fourth-order valence-electron chi connectivity index (χ4n) is 1.94. The number of nitro groups is 1. The first-order valence-electron chi connectivity index (χ1n) is 7.21. The van der Waals surface area contributed by atoms with E-state index >= 15 is 0 Å². The van der Waals surface area contributed by atoms with E-state index in [1.807, 2.05) is 13.8 Å². The van der Waals surface area contributed by atoms with Gasteiger partial charge in [-0.15, -0.1) is 0 Å². The van der Waals surface area contributed by atoms with E-state index in [0.717, 1.165) is 18.9 Å². The Morgan fingerprint density at radius 1 is 1.30 bits per heavy atom. The van der Waals surface area contributed by atoms with Gasteiger partial charge in [-0.25, -0.2) is 4.79 Å². The van der Waals surface area contributed by atoms with Crippen LogP contribution in [-0.4, -0.2) is 36.6 Å². The van der Waals surface area contributed by atoms with Crippen LogP contribution in [0.2, 0.25) is 0 Å². The number of ether oxygens (including phenoxy) is 2. The molecule has 0 fully saturated rings. The van der Waals surface area contributed by atoms with Gasteiger partial charge in [-0.2, -0.15) is 0 Å². The highest BCUT2D eigenvalue weighted by Crippen LogP contribution is 2.24. The van der Waals surface area contributed by atoms with Gasteiger partial charge in [0.2, 0.25) is 0 Å². The van der Waals surface area contributed by atoms with Crippen molar-refractivity contribution in [1.29, 1.82) is 0 Å². The number of hydrogen-bond donors (Lipinski definition) is 1. The molecular formula is C15H20N2O6. The molecule has 0 saturated carbocycles. The van der Waals surface area contributed by atoms with Gasteiger partial charge in [0.15, 0.2) is 6.61 Å². The second-order valence-electron chi connectivity index (χ2n) is 4.80. The molecule has 0 atom stereocenters. The van der Waals surface area contributed by atoms with E-state index in [1.54, 1.807) is 0 Å². The molecule has 8 heteroatoms. The third-order valence-corrected chi connectivity index (χ3v) is 3.30. The number of carbonyl (C=O) groups excluding carboxylic acids is 2. The van der Waals surface area contributed by atoms with Crippen LogP contribution in [0, 0.1) is 10.1 Å². The normalized spacial score (nSPS) is 10.3. The van der Waals surface area contributed by atoms with Crippen molar-refractivity contribution in [3.63, 3.8) is 0 Å². The first-order valence-corrected chi connectivity index (χ1v) is 7.21. The maximum Gasteiger partial charge on any atom is 0.342 e. The van der Waals surface area contributed by atoms with Crippen molar-refractivity contribution in [2.24, 2.45) is 0 Å². The SMILES string of the molecule is CCC(CC)NC(=O)COC(=O)c1cc([N+](=O)[O-])ccc1OC. The van der Waals surface area contributed by atoms with Gasteiger partial charge in [0.25, 0.3) is 11.6 Å². The lowest BCUT2D eigenvalue weighted by Gasteiger charge is -2.14. The number of nitrogens with zero attached hydrogens (tertiary/aromatic N) is 1. The number of amides is 1. The van der Waals surface area contributed by atoms with Crippen molar-refractivity contribution in [2.75, 3.05) is 13.7 Å². The fraction of sp³-hybridized carbons (Fsp3) is 0.467. The van der Waals surface area contributed by atoms with Gasteiger partial charge in [0.05, 0.1) is 12.0 Å². The van der Waals surface area contributed by atoms with E-state index < -0.39 is 23.4 Å². The van der Waals surface area contributed by atoms with E-state index in [0.29, 0.717) is 0 Å². The Kier molecular flexibility index (Phi) is 6.98. The van der Waals surface area contributed by atoms with Gasteiger partial charge in [-0.3, -0.25) is 14.9 Å². The molecule has 0 bridgehead atoms. The Balaban J connectivity index is 2.76. The zero-order valence-corrected chi connectivity index (χ0v) is 13.3. The molecule has 0 aliphatic carbocycles. The number of hydrogen-bond acceptors (Lipinski definition) is 6. The smallest absolute Gasteiger partial charge is 0.342 e. The Labute approximate surface area is 133 Å². The lowest BCUT2D eigenvalue weighted by atomic mass is 10.1. The molecule has 1 rings (SSSR count). The van der Waals surface area contributed by atoms with Gasteiger partial charge in [0, 0.05) is 18.2 Å². The highest BCUT2D eigenvalue weighted by atomic mass is 16.6. The summed E-state index contributed by atoms with van der Waals surface area (Å²) in [5.74, 6) is -1.14. The van der Waals surface area contributed by atoms with Crippen LogP contribution in [0.3, 0.4) is 0 Å². The predicted octanol–water partition coefficient (Wildman–Crippen LogP) is 2.06. The Morgan fingerprint density at radius 2 is 1.96 bits per heavy atom. The standard InChI is InChI=1S/C15H20N2O6/c1-4-10(5-2)16-14(18)9-23-15(19)12-8-11(17(20)21)6-7-13(12)22-3/h6-8,10H,4-5,9H2,1-3H3,(H,16,18). The number of esters is 1. The van der Waals surface area contributed by atoms with Gasteiger partial charge in [-0.1, -0.05) is 13.8 Å². The topological polar surface area (TPSA) is 108 Å². The maximum atomic E-state index is 12.0. The van der Waals surface area contributed by atoms with Crippen LogP contribution in [0.25, 0.3) is 0 Å². The zero-order valence-electron chi connectivity index (χ0n) is 13.3. The molecule has 0 radical (unpaired) electrons. The molecule has 0 unspecified atom stereocenters. The van der Waals surface area contributed by atoms with E-state index in [9.17, 15) is 19.7 Å². The van der Waals surface area contributed by atoms with Gasteiger partial charge >= 0.3 is 5.97 Å². The third kappa shape index (κ3) is 5.24. The molecule has 0 heterocycles. The molecule has 1 N–H and O–H groups in total. The van der Waals surface area contributed by atoms with Crippen molar-refractivity contribution < 1.29 is 24.0 Å². The lowest BCUT2D eigenvalue weighted by molar-refractivity contribution is -0.384. The van der Waals surface area contributed by atoms with E-state index in [-0.39, 0.29) is 23.0 Å². The van der Waals surface area contributed by atoms with E-state index in [2.05, 4.69) is 5.32 Å². The average Bonchev–Trinajstić information content (AvgIpc) is 2.56. The van der Waals surface area contributed by atoms with E-state index in [1.165, 1.54) is 19.2 Å². The molecule has 0 aromatic heterocycles. The molecule has 0 spiro atoms. The molecule has 126 valence electrons. The minimum absolute atomic E-state index is 0.0218. The van der Waals surface area contributed by atoms with E-state index in [4.69, 9.17) is 9.47 Å². The minimum Gasteiger partial charge on any atom is -0.496 e. The number of rotatable bonds is 8. The Bertz CT molecular complexity index is 583. The van der Waals surface area contributed by atoms with Gasteiger partial charge in [-0.05, 0) is 18.9 Å². The summed E-state index contributed by atoms with van der Waals surface area (Å²) < 4.78 is 9.89. The Morgan fingerprint density at radius 3 is 2.48 bits per heavy atom. The second-order valence-corrected chi connectivity index (χ2v) is 4.80. The van der Waals surface area contributed by atoms with Crippen LogP contribution in [0.15, 0.2) is 18.2 Å². The number of benzene rings is 1. The van der Waals surface area contributed by atoms with Crippen LogP contribution >= 0.6 is 0 Å². The number of nitro benzene ring substituents is 1. The summed E-state index contributed by atoms with van der Waals surface area (Å²) in [5.41, 5.74) is -0.365. The largest absolute Gasteiger partial charge is 0.496 e. The van der Waals surface area contributed by atoms with Crippen LogP contribution in [-0.2, 0) is 9.53 Å². The summed E-state index contributed by atoms with van der Waals surface area (Å²) in [7, 11) is 1.33. The summed E-state index contributed by atoms with van der Waals surface area (Å²) in [4.78, 5) is 33.9. The number of methoxy groups -OCH3 is 1. The monoisotopic (exact) mass is 324 g/mol. The van der Waals surface area contributed by atoms with Crippen LogP contribution < -0.4 is 10.1 Å². The number of carbonyl (C=O) groups is 2. The molecule has 0 saturated heterocycles. The van der Waals surface area contributed by atoms with Crippen LogP contribution in [0.1, 0.15) is 37.0 Å². The molecule has 1 amide bonds. The highest BCUT2D eigenvalue weighted by Gasteiger charge is 2.20. The zero-order chi connectivity index (χ0) is 17.4. The summed E-state index contributed by atoms with van der Waals surface area (Å²) in [6.45, 7) is 3.42. The lowest BCUT2D eigenvalue weighted by Crippen LogP contribution is -2.36. The van der Waals surface area contributed by atoms with Gasteiger partial charge in [0.1, 0.15) is 11.3 Å². The number of nitrogens with one attached hydrogen (secondary N) is 1. The summed E-state index contributed by atoms with van der Waals surface area (Å²) in [6.07, 6.45) is 1.55. The van der Waals surface area contributed by atoms with Crippen molar-refractivity contribution in [3.8, 4) is 5.75 Å². The molecule has 0 aliphatic heterocycles. The van der Waals surface area contributed by atoms with Crippen molar-refractivity contribution in [3.05, 3.63) is 33.9 Å². The molecule has 0 aliphatic rings. The fourth-order valence-corrected chi connectivity index (χ4v) is 1.94. The van der Waals surface area contributed by atoms with Crippen LogP contribution in [0.5, 0.6) is 5.75 Å². The highest BCUT2D eigenvalue weighted by molar-refractivity contribution is 5.94. The average molecular weight is 324 g/mol. The molecule has 1 aromatic carbocycles. The molecule has 23 heavy (non-hydrogen) atoms. The van der Waals surface area contributed by atoms with Crippen molar-refractivity contribution >= 4 is 17.6 Å². The van der Waals surface area contributed by atoms with Crippen molar-refractivity contribution in [2.45, 2.75) is 32.7 Å². The third-order valence-electron chi connectivity index (χ3n) is 3.30. The second kappa shape index (κ2) is 8.72. The predicted molar refractivity (Wildman–Crippen MR) is 82.4 cm³/mol. The quantitative estimate of drug-likeness (QED) is 0.445. The first kappa shape index (κ1) is 18.4. The molecular weight excluding hydrogens is 304 g/mol. The molecule has 1 aromatic rings. The molecule has 8 nitrogen and oxygen atoms in total. The van der Waals surface area contributed by atoms with Gasteiger partial charge < -0.3 is 14.8 Å². The maximum absolute atomic E-state index is 12.0. The summed E-state index contributed by atoms with van der Waals surface area (Å²) in [5, 5.41) is 13.5.